The number of alkyl halides is 1. The van der Waals surface area contributed by atoms with E-state index in [0.717, 1.165) is 11.1 Å². The maximum atomic E-state index is 12.9. The van der Waals surface area contributed by atoms with Crippen LogP contribution in [-0.4, -0.2) is 50.8 Å². The number of nitrogens with zero attached hydrogens (tertiary/aromatic N) is 1. The molecular weight excluding hydrogens is 536 g/mol. The van der Waals surface area contributed by atoms with Crippen LogP contribution < -0.4 is 19.8 Å². The molecule has 3 aromatic carbocycles. The summed E-state index contributed by atoms with van der Waals surface area (Å²) in [6.45, 7) is 0.443. The summed E-state index contributed by atoms with van der Waals surface area (Å²) in [7, 11) is -0.312. The van der Waals surface area contributed by atoms with Crippen LogP contribution in [0.1, 0.15) is 0 Å². The van der Waals surface area contributed by atoms with Crippen molar-refractivity contribution in [2.75, 3.05) is 32.4 Å². The minimum absolute atomic E-state index is 0.226. The van der Waals surface area contributed by atoms with E-state index in [2.05, 4.69) is 25.9 Å². The molecule has 1 heterocycles. The van der Waals surface area contributed by atoms with Gasteiger partial charge in [0.15, 0.2) is 9.84 Å². The van der Waals surface area contributed by atoms with Gasteiger partial charge in [-0.2, -0.15) is 0 Å². The molecule has 0 saturated heterocycles. The number of halogens is 1. The first-order valence-corrected chi connectivity index (χ1v) is 13.6. The van der Waals surface area contributed by atoms with Gasteiger partial charge in [0, 0.05) is 34.8 Å². The lowest BCUT2D eigenvalue weighted by molar-refractivity contribution is 0.346. The fourth-order valence-corrected chi connectivity index (χ4v) is 4.48. The quantitative estimate of drug-likeness (QED) is 0.318. The highest BCUT2D eigenvalue weighted by Crippen LogP contribution is 2.35. The molecule has 10 heteroatoms. The number of methoxy groups -OCH3 is 2. The molecule has 0 bridgehead atoms. The number of fused-ring (bicyclic) bond motifs is 1. The van der Waals surface area contributed by atoms with Crippen LogP contribution in [0.2, 0.25) is 0 Å². The third kappa shape index (κ3) is 5.18. The van der Waals surface area contributed by atoms with Crippen LogP contribution in [0.15, 0.2) is 64.3 Å². The fourth-order valence-electron chi connectivity index (χ4n) is 3.69. The van der Waals surface area contributed by atoms with E-state index in [1.807, 2.05) is 6.07 Å². The van der Waals surface area contributed by atoms with Crippen molar-refractivity contribution in [1.29, 1.82) is 0 Å². The molecule has 0 amide bonds. The zero-order chi connectivity index (χ0) is 25.2. The van der Waals surface area contributed by atoms with Gasteiger partial charge < -0.3 is 19.2 Å². The average Bonchev–Trinajstić information content (AvgIpc) is 2.86. The van der Waals surface area contributed by atoms with Gasteiger partial charge in [0.05, 0.1) is 31.2 Å². The van der Waals surface area contributed by atoms with E-state index >= 15 is 0 Å². The Bertz CT molecular complexity index is 1550. The number of aromatic nitrogens is 2. The van der Waals surface area contributed by atoms with Crippen LogP contribution >= 0.6 is 15.9 Å². The first kappa shape index (κ1) is 24.7. The van der Waals surface area contributed by atoms with E-state index in [9.17, 15) is 13.2 Å². The number of nitrogens with one attached hydrogen (secondary N) is 1. The minimum Gasteiger partial charge on any atom is -0.497 e. The summed E-state index contributed by atoms with van der Waals surface area (Å²) in [5.74, 6) is 1.86. The Labute approximate surface area is 210 Å². The number of aromatic amines is 1. The first-order valence-electron chi connectivity index (χ1n) is 10.5. The van der Waals surface area contributed by atoms with Crippen molar-refractivity contribution < 1.29 is 22.6 Å². The zero-order valence-corrected chi connectivity index (χ0v) is 21.7. The zero-order valence-electron chi connectivity index (χ0n) is 19.3. The Hall–Kier alpha value is -3.37. The van der Waals surface area contributed by atoms with E-state index < -0.39 is 9.84 Å². The molecule has 0 spiro atoms. The summed E-state index contributed by atoms with van der Waals surface area (Å²) in [5, 5.41) is 0.968. The van der Waals surface area contributed by atoms with Gasteiger partial charge in [0.25, 0.3) is 5.56 Å². The Morgan fingerprint density at radius 1 is 0.943 bits per heavy atom. The van der Waals surface area contributed by atoms with Gasteiger partial charge in [-0.3, -0.25) is 4.79 Å². The molecule has 0 aliphatic carbocycles. The van der Waals surface area contributed by atoms with E-state index in [-0.39, 0.29) is 10.5 Å². The number of H-pyrrole nitrogens is 1. The molecule has 0 atom stereocenters. The third-order valence-corrected chi connectivity index (χ3v) is 6.84. The Balaban J connectivity index is 1.87. The molecule has 0 unspecified atom stereocenters. The summed E-state index contributed by atoms with van der Waals surface area (Å²) in [4.78, 5) is 20.7. The predicted octanol–water partition coefficient (Wildman–Crippen LogP) is 4.45. The molecule has 0 aliphatic rings. The lowest BCUT2D eigenvalue weighted by Crippen LogP contribution is -2.11. The largest absolute Gasteiger partial charge is 0.497 e. The number of hydrogen-bond donors (Lipinski definition) is 1. The van der Waals surface area contributed by atoms with Gasteiger partial charge in [0.1, 0.15) is 28.5 Å². The molecule has 1 N–H and O–H groups in total. The van der Waals surface area contributed by atoms with E-state index in [1.165, 1.54) is 20.5 Å². The van der Waals surface area contributed by atoms with Crippen molar-refractivity contribution in [2.24, 2.45) is 0 Å². The third-order valence-electron chi connectivity index (χ3n) is 5.38. The predicted molar refractivity (Wildman–Crippen MR) is 139 cm³/mol. The lowest BCUT2D eigenvalue weighted by atomic mass is 10.0. The minimum atomic E-state index is -3.32. The maximum absolute atomic E-state index is 12.9. The van der Waals surface area contributed by atoms with E-state index in [0.29, 0.717) is 51.5 Å². The van der Waals surface area contributed by atoms with Crippen LogP contribution in [-0.2, 0) is 9.84 Å². The highest BCUT2D eigenvalue weighted by atomic mass is 79.9. The van der Waals surface area contributed by atoms with Crippen molar-refractivity contribution in [3.63, 3.8) is 0 Å². The van der Waals surface area contributed by atoms with Crippen molar-refractivity contribution in [2.45, 2.75) is 4.90 Å². The molecular formula is C25H23BrN2O6S. The lowest BCUT2D eigenvalue weighted by Gasteiger charge is -2.14. The normalized spacial score (nSPS) is 11.4. The summed E-state index contributed by atoms with van der Waals surface area (Å²) >= 11 is 3.36. The SMILES string of the molecule is COc1cc(OC)c2c(=O)[nH]c(-c3ccc(OCCBr)c(-c4ccc(S(C)(=O)=O)cc4)c3)nc2c1. The van der Waals surface area contributed by atoms with Gasteiger partial charge in [-0.1, -0.05) is 28.1 Å². The van der Waals surface area contributed by atoms with Crippen molar-refractivity contribution in [1.82, 2.24) is 9.97 Å². The highest BCUT2D eigenvalue weighted by molar-refractivity contribution is 9.09. The van der Waals surface area contributed by atoms with Crippen LogP contribution in [0, 0.1) is 0 Å². The second kappa shape index (κ2) is 10.1. The molecule has 0 saturated carbocycles. The van der Waals surface area contributed by atoms with Crippen LogP contribution in [0.5, 0.6) is 17.2 Å². The second-order valence-electron chi connectivity index (χ2n) is 7.68. The molecule has 4 aromatic rings. The molecule has 8 nitrogen and oxygen atoms in total. The number of hydrogen-bond acceptors (Lipinski definition) is 7. The Kier molecular flexibility index (Phi) is 7.13. The summed E-state index contributed by atoms with van der Waals surface area (Å²) < 4.78 is 40.3. The summed E-state index contributed by atoms with van der Waals surface area (Å²) in [6, 6.07) is 15.3. The molecule has 0 radical (unpaired) electrons. The summed E-state index contributed by atoms with van der Waals surface area (Å²) in [6.07, 6.45) is 1.17. The van der Waals surface area contributed by atoms with Gasteiger partial charge in [-0.15, -0.1) is 0 Å². The molecule has 4 rings (SSSR count). The van der Waals surface area contributed by atoms with Gasteiger partial charge in [0.2, 0.25) is 0 Å². The van der Waals surface area contributed by atoms with Crippen LogP contribution in [0.25, 0.3) is 33.4 Å². The smallest absolute Gasteiger partial charge is 0.262 e. The highest BCUT2D eigenvalue weighted by Gasteiger charge is 2.16. The first-order chi connectivity index (χ1) is 16.7. The van der Waals surface area contributed by atoms with Gasteiger partial charge in [-0.25, -0.2) is 13.4 Å². The molecule has 0 fully saturated rings. The standard InChI is InChI=1S/C25H23BrN2O6S/c1-32-17-13-20-23(22(14-17)33-2)25(29)28-24(27-20)16-6-9-21(34-11-10-26)19(12-16)15-4-7-18(8-5-15)35(3,30)31/h4-9,12-14H,10-11H2,1-3H3,(H,27,28,29). The maximum Gasteiger partial charge on any atom is 0.262 e. The number of sulfone groups is 1. The van der Waals surface area contributed by atoms with Crippen molar-refractivity contribution in [3.05, 3.63) is 65.0 Å². The molecule has 35 heavy (non-hydrogen) atoms. The van der Waals surface area contributed by atoms with E-state index in [4.69, 9.17) is 14.2 Å². The van der Waals surface area contributed by atoms with Crippen LogP contribution in [0.4, 0.5) is 0 Å². The summed E-state index contributed by atoms with van der Waals surface area (Å²) in [5.41, 5.74) is 2.23. The molecule has 1 aromatic heterocycles. The average molecular weight is 559 g/mol. The monoisotopic (exact) mass is 558 g/mol. The van der Waals surface area contributed by atoms with Crippen molar-refractivity contribution >= 4 is 36.7 Å². The number of ether oxygens (including phenoxy) is 3. The van der Waals surface area contributed by atoms with Gasteiger partial charge >= 0.3 is 0 Å². The molecule has 0 aliphatic heterocycles. The van der Waals surface area contributed by atoms with Crippen LogP contribution in [0.3, 0.4) is 0 Å². The fraction of sp³-hybridized carbons (Fsp3) is 0.200. The topological polar surface area (TPSA) is 108 Å². The van der Waals surface area contributed by atoms with E-state index in [1.54, 1.807) is 48.5 Å². The molecule has 182 valence electrons. The second-order valence-corrected chi connectivity index (χ2v) is 10.5. The number of rotatable bonds is 8. The van der Waals surface area contributed by atoms with Gasteiger partial charge in [-0.05, 0) is 35.9 Å². The van der Waals surface area contributed by atoms with Crippen molar-refractivity contribution in [3.8, 4) is 39.8 Å². The Morgan fingerprint density at radius 3 is 2.29 bits per heavy atom. The number of benzene rings is 3. The Morgan fingerprint density at radius 2 is 1.66 bits per heavy atom.